The standard InChI is InChI=1S/C18H21F3N4O/c1-24(2)15(12-4-3-5-13(10-12)18(19,20)21)11-23-16-17(26)25(9-8-22-16)14-6-7-14/h3-5,8-10,14-15H,6-7,11H2,1-2H3,(H,22,23). The number of anilines is 1. The molecule has 1 aromatic heterocycles. The van der Waals surface area contributed by atoms with Crippen molar-refractivity contribution in [2.24, 2.45) is 0 Å². The highest BCUT2D eigenvalue weighted by Gasteiger charge is 2.31. The SMILES string of the molecule is CN(C)C(CNc1nccn(C2CC2)c1=O)c1cccc(C(F)(F)F)c1. The van der Waals surface area contributed by atoms with Crippen LogP contribution in [-0.4, -0.2) is 35.1 Å². The molecule has 1 atom stereocenters. The normalized spacial score (nSPS) is 15.9. The van der Waals surface area contributed by atoms with E-state index in [4.69, 9.17) is 0 Å². The molecule has 1 heterocycles. The predicted octanol–water partition coefficient (Wildman–Crippen LogP) is 3.31. The smallest absolute Gasteiger partial charge is 0.364 e. The minimum atomic E-state index is -4.39. The molecule has 2 aromatic rings. The molecule has 0 amide bonds. The first-order chi connectivity index (χ1) is 12.3. The fraction of sp³-hybridized carbons (Fsp3) is 0.444. The molecule has 0 spiro atoms. The Morgan fingerprint density at radius 2 is 2.08 bits per heavy atom. The molecule has 1 aromatic carbocycles. The molecular formula is C18H21F3N4O. The Balaban J connectivity index is 1.80. The van der Waals surface area contributed by atoms with Crippen LogP contribution >= 0.6 is 0 Å². The quantitative estimate of drug-likeness (QED) is 0.852. The fourth-order valence-electron chi connectivity index (χ4n) is 2.90. The van der Waals surface area contributed by atoms with Crippen molar-refractivity contribution in [3.05, 3.63) is 58.1 Å². The predicted molar refractivity (Wildman–Crippen MR) is 93.1 cm³/mol. The van der Waals surface area contributed by atoms with Crippen LogP contribution in [0.1, 0.15) is 36.1 Å². The van der Waals surface area contributed by atoms with Crippen LogP contribution in [0.4, 0.5) is 19.0 Å². The molecule has 1 fully saturated rings. The lowest BCUT2D eigenvalue weighted by atomic mass is 10.0. The highest BCUT2D eigenvalue weighted by atomic mass is 19.4. The highest BCUT2D eigenvalue weighted by molar-refractivity contribution is 5.34. The molecule has 0 bridgehead atoms. The van der Waals surface area contributed by atoms with Gasteiger partial charge in [-0.3, -0.25) is 4.79 Å². The molecule has 0 saturated heterocycles. The second kappa shape index (κ2) is 7.11. The largest absolute Gasteiger partial charge is 0.416 e. The monoisotopic (exact) mass is 366 g/mol. The molecular weight excluding hydrogens is 345 g/mol. The molecule has 1 N–H and O–H groups in total. The number of halogens is 3. The van der Waals surface area contributed by atoms with Crippen LogP contribution in [0.25, 0.3) is 0 Å². The highest BCUT2D eigenvalue weighted by Crippen LogP contribution is 2.33. The van der Waals surface area contributed by atoms with Gasteiger partial charge in [-0.15, -0.1) is 0 Å². The van der Waals surface area contributed by atoms with E-state index in [1.807, 2.05) is 4.90 Å². The van der Waals surface area contributed by atoms with Crippen molar-refractivity contribution in [2.75, 3.05) is 26.0 Å². The van der Waals surface area contributed by atoms with Crippen LogP contribution in [0.5, 0.6) is 0 Å². The van der Waals surface area contributed by atoms with Crippen molar-refractivity contribution in [1.82, 2.24) is 14.5 Å². The summed E-state index contributed by atoms with van der Waals surface area (Å²) in [5, 5.41) is 3.01. The number of rotatable bonds is 6. The van der Waals surface area contributed by atoms with Crippen LogP contribution in [0.15, 0.2) is 41.5 Å². The minimum absolute atomic E-state index is 0.198. The van der Waals surface area contributed by atoms with Crippen molar-refractivity contribution in [1.29, 1.82) is 0 Å². The van der Waals surface area contributed by atoms with Crippen molar-refractivity contribution >= 4 is 5.82 Å². The number of benzene rings is 1. The van der Waals surface area contributed by atoms with Gasteiger partial charge in [0.25, 0.3) is 5.56 Å². The number of hydrogen-bond donors (Lipinski definition) is 1. The van der Waals surface area contributed by atoms with E-state index in [0.717, 1.165) is 25.0 Å². The summed E-state index contributed by atoms with van der Waals surface area (Å²) in [4.78, 5) is 18.3. The summed E-state index contributed by atoms with van der Waals surface area (Å²) >= 11 is 0. The summed E-state index contributed by atoms with van der Waals surface area (Å²) in [6.45, 7) is 0.269. The first-order valence-electron chi connectivity index (χ1n) is 8.42. The average Bonchev–Trinajstić information content (AvgIpc) is 3.40. The molecule has 0 radical (unpaired) electrons. The van der Waals surface area contributed by atoms with Crippen LogP contribution in [0, 0.1) is 0 Å². The molecule has 26 heavy (non-hydrogen) atoms. The third-order valence-corrected chi connectivity index (χ3v) is 4.49. The third kappa shape index (κ3) is 4.07. The van der Waals surface area contributed by atoms with Gasteiger partial charge in [0.2, 0.25) is 0 Å². The van der Waals surface area contributed by atoms with Crippen LogP contribution in [-0.2, 0) is 6.18 Å². The van der Waals surface area contributed by atoms with Crippen LogP contribution in [0.2, 0.25) is 0 Å². The second-order valence-corrected chi connectivity index (χ2v) is 6.70. The molecule has 1 aliphatic carbocycles. The number of nitrogens with one attached hydrogen (secondary N) is 1. The number of alkyl halides is 3. The average molecular weight is 366 g/mol. The van der Waals surface area contributed by atoms with Gasteiger partial charge in [0.05, 0.1) is 11.6 Å². The Labute approximate surface area is 149 Å². The molecule has 1 unspecified atom stereocenters. The van der Waals surface area contributed by atoms with Crippen molar-refractivity contribution < 1.29 is 13.2 Å². The lowest BCUT2D eigenvalue weighted by molar-refractivity contribution is -0.137. The zero-order valence-electron chi connectivity index (χ0n) is 14.6. The van der Waals surface area contributed by atoms with Crippen LogP contribution < -0.4 is 10.9 Å². The molecule has 140 valence electrons. The molecule has 0 aliphatic heterocycles. The van der Waals surface area contributed by atoms with E-state index in [-0.39, 0.29) is 30.0 Å². The molecule has 1 aliphatic rings. The lowest BCUT2D eigenvalue weighted by Gasteiger charge is -2.26. The summed E-state index contributed by atoms with van der Waals surface area (Å²) in [6, 6.07) is 5.15. The van der Waals surface area contributed by atoms with E-state index in [1.165, 1.54) is 6.07 Å². The molecule has 3 rings (SSSR count). The van der Waals surface area contributed by atoms with E-state index in [1.54, 1.807) is 37.1 Å². The van der Waals surface area contributed by atoms with Gasteiger partial charge in [0.15, 0.2) is 5.82 Å². The van der Waals surface area contributed by atoms with E-state index in [9.17, 15) is 18.0 Å². The molecule has 1 saturated carbocycles. The minimum Gasteiger partial charge on any atom is -0.364 e. The van der Waals surface area contributed by atoms with Gasteiger partial charge in [0, 0.05) is 25.0 Å². The summed E-state index contributed by atoms with van der Waals surface area (Å²) in [5.74, 6) is 0.221. The Morgan fingerprint density at radius 3 is 2.69 bits per heavy atom. The summed E-state index contributed by atoms with van der Waals surface area (Å²) < 4.78 is 40.6. The zero-order valence-corrected chi connectivity index (χ0v) is 14.6. The molecule has 5 nitrogen and oxygen atoms in total. The number of nitrogens with zero attached hydrogens (tertiary/aromatic N) is 3. The van der Waals surface area contributed by atoms with Gasteiger partial charge in [-0.2, -0.15) is 13.2 Å². The van der Waals surface area contributed by atoms with Gasteiger partial charge in [-0.25, -0.2) is 4.98 Å². The first-order valence-corrected chi connectivity index (χ1v) is 8.42. The summed E-state index contributed by atoms with van der Waals surface area (Å²) in [5.41, 5.74) is -0.358. The third-order valence-electron chi connectivity index (χ3n) is 4.49. The topological polar surface area (TPSA) is 50.2 Å². The number of aromatic nitrogens is 2. The maximum atomic E-state index is 13.0. The summed E-state index contributed by atoms with van der Waals surface area (Å²) in [7, 11) is 3.57. The van der Waals surface area contributed by atoms with Gasteiger partial charge in [0.1, 0.15) is 0 Å². The van der Waals surface area contributed by atoms with Gasteiger partial charge in [-0.1, -0.05) is 12.1 Å². The summed E-state index contributed by atoms with van der Waals surface area (Å²) in [6.07, 6.45) is 0.805. The molecule has 8 heteroatoms. The van der Waals surface area contributed by atoms with Crippen molar-refractivity contribution in [3.8, 4) is 0 Å². The Morgan fingerprint density at radius 1 is 1.35 bits per heavy atom. The zero-order chi connectivity index (χ0) is 18.9. The Hall–Kier alpha value is -2.35. The first kappa shape index (κ1) is 18.4. The van der Waals surface area contributed by atoms with Gasteiger partial charge < -0.3 is 14.8 Å². The number of hydrogen-bond acceptors (Lipinski definition) is 4. The maximum absolute atomic E-state index is 13.0. The van der Waals surface area contributed by atoms with Crippen LogP contribution in [0.3, 0.4) is 0 Å². The maximum Gasteiger partial charge on any atom is 0.416 e. The van der Waals surface area contributed by atoms with Crippen molar-refractivity contribution in [2.45, 2.75) is 31.1 Å². The van der Waals surface area contributed by atoms with E-state index >= 15 is 0 Å². The Kier molecular flexibility index (Phi) is 5.04. The van der Waals surface area contributed by atoms with E-state index in [0.29, 0.717) is 5.56 Å². The number of likely N-dealkylation sites (N-methyl/N-ethyl adjacent to an activating group) is 1. The lowest BCUT2D eigenvalue weighted by Crippen LogP contribution is -2.30. The van der Waals surface area contributed by atoms with Gasteiger partial charge in [-0.05, 0) is 44.6 Å². The van der Waals surface area contributed by atoms with E-state index in [2.05, 4.69) is 10.3 Å². The fourth-order valence-corrected chi connectivity index (χ4v) is 2.90. The second-order valence-electron chi connectivity index (χ2n) is 6.70. The van der Waals surface area contributed by atoms with Crippen molar-refractivity contribution in [3.63, 3.8) is 0 Å². The Bertz CT molecular complexity index is 828. The van der Waals surface area contributed by atoms with Gasteiger partial charge >= 0.3 is 6.18 Å². The van der Waals surface area contributed by atoms with E-state index < -0.39 is 11.7 Å².